The van der Waals surface area contributed by atoms with Crippen molar-refractivity contribution in [2.24, 2.45) is 0 Å². The van der Waals surface area contributed by atoms with Gasteiger partial charge < -0.3 is 5.32 Å². The molecule has 0 aromatic heterocycles. The van der Waals surface area contributed by atoms with Gasteiger partial charge in [-0.25, -0.2) is 0 Å². The molecule has 0 fully saturated rings. The summed E-state index contributed by atoms with van der Waals surface area (Å²) in [6, 6.07) is 17.6. The van der Waals surface area contributed by atoms with Crippen LogP contribution >= 0.6 is 23.4 Å². The van der Waals surface area contributed by atoms with Crippen molar-refractivity contribution in [2.45, 2.75) is 4.90 Å². The molecule has 2 aromatic rings. The summed E-state index contributed by atoms with van der Waals surface area (Å²) in [5.74, 6) is 0.959. The Morgan fingerprint density at radius 2 is 1.95 bits per heavy atom. The fourth-order valence-corrected chi connectivity index (χ4v) is 2.64. The van der Waals surface area contributed by atoms with Crippen LogP contribution in [0, 0.1) is 11.3 Å². The first-order chi connectivity index (χ1) is 9.29. The van der Waals surface area contributed by atoms with Crippen LogP contribution in [-0.4, -0.2) is 12.3 Å². The third kappa shape index (κ3) is 4.20. The van der Waals surface area contributed by atoms with Gasteiger partial charge in [0.05, 0.1) is 22.3 Å². The quantitative estimate of drug-likeness (QED) is 0.654. The van der Waals surface area contributed by atoms with Crippen LogP contribution in [0.5, 0.6) is 0 Å². The second-order valence-electron chi connectivity index (χ2n) is 3.89. The van der Waals surface area contributed by atoms with Gasteiger partial charge in [0.1, 0.15) is 0 Å². The van der Waals surface area contributed by atoms with Crippen molar-refractivity contribution >= 4 is 29.1 Å². The van der Waals surface area contributed by atoms with Gasteiger partial charge in [0.2, 0.25) is 0 Å². The van der Waals surface area contributed by atoms with E-state index in [0.717, 1.165) is 18.0 Å². The minimum atomic E-state index is 0.578. The largest absolute Gasteiger partial charge is 0.383 e. The van der Waals surface area contributed by atoms with Crippen LogP contribution in [0.1, 0.15) is 5.56 Å². The van der Waals surface area contributed by atoms with E-state index in [1.807, 2.05) is 24.3 Å². The number of benzene rings is 2. The summed E-state index contributed by atoms with van der Waals surface area (Å²) in [7, 11) is 0. The second kappa shape index (κ2) is 7.08. The first-order valence-electron chi connectivity index (χ1n) is 5.91. The van der Waals surface area contributed by atoms with E-state index in [9.17, 15) is 0 Å². The lowest BCUT2D eigenvalue weighted by atomic mass is 10.2. The van der Waals surface area contributed by atoms with E-state index < -0.39 is 0 Å². The average molecular weight is 289 g/mol. The second-order valence-corrected chi connectivity index (χ2v) is 5.47. The molecule has 1 N–H and O–H groups in total. The van der Waals surface area contributed by atoms with E-state index in [0.29, 0.717) is 10.6 Å². The summed E-state index contributed by atoms with van der Waals surface area (Å²) in [5.41, 5.74) is 1.45. The number of nitriles is 1. The van der Waals surface area contributed by atoms with Gasteiger partial charge in [0.25, 0.3) is 0 Å². The molecule has 2 rings (SSSR count). The van der Waals surface area contributed by atoms with E-state index in [1.54, 1.807) is 23.9 Å². The van der Waals surface area contributed by atoms with Crippen LogP contribution in [0.2, 0.25) is 5.02 Å². The first kappa shape index (κ1) is 13.8. The molecule has 0 radical (unpaired) electrons. The highest BCUT2D eigenvalue weighted by Gasteiger charge is 2.01. The Bertz CT molecular complexity index is 578. The highest BCUT2D eigenvalue weighted by molar-refractivity contribution is 7.99. The van der Waals surface area contributed by atoms with Gasteiger partial charge in [-0.2, -0.15) is 5.26 Å². The predicted molar refractivity (Wildman–Crippen MR) is 81.8 cm³/mol. The SMILES string of the molecule is N#Cc1ccc(NCCSc2ccccc2)c(Cl)c1. The topological polar surface area (TPSA) is 35.8 Å². The maximum Gasteiger partial charge on any atom is 0.0992 e. The number of hydrogen-bond acceptors (Lipinski definition) is 3. The van der Waals surface area contributed by atoms with Gasteiger partial charge in [-0.3, -0.25) is 0 Å². The Morgan fingerprint density at radius 1 is 1.16 bits per heavy atom. The summed E-state index contributed by atoms with van der Waals surface area (Å²) in [6.45, 7) is 0.825. The van der Waals surface area contributed by atoms with E-state index in [-0.39, 0.29) is 0 Å². The highest BCUT2D eigenvalue weighted by atomic mass is 35.5. The van der Waals surface area contributed by atoms with Crippen molar-refractivity contribution in [3.8, 4) is 6.07 Å². The fraction of sp³-hybridized carbons (Fsp3) is 0.133. The van der Waals surface area contributed by atoms with Crippen LogP contribution in [0.3, 0.4) is 0 Å². The molecule has 0 unspecified atom stereocenters. The number of nitrogens with one attached hydrogen (secondary N) is 1. The fourth-order valence-electron chi connectivity index (χ4n) is 1.60. The standard InChI is InChI=1S/C15H13ClN2S/c16-14-10-12(11-17)6-7-15(14)18-8-9-19-13-4-2-1-3-5-13/h1-7,10,18H,8-9H2. The van der Waals surface area contributed by atoms with Gasteiger partial charge in [-0.15, -0.1) is 11.8 Å². The third-order valence-electron chi connectivity index (χ3n) is 2.53. The Morgan fingerprint density at radius 3 is 2.63 bits per heavy atom. The van der Waals surface area contributed by atoms with E-state index >= 15 is 0 Å². The molecule has 0 aliphatic heterocycles. The van der Waals surface area contributed by atoms with Crippen LogP contribution in [0.4, 0.5) is 5.69 Å². The number of thioether (sulfide) groups is 1. The molecule has 0 amide bonds. The van der Waals surface area contributed by atoms with Crippen molar-refractivity contribution in [2.75, 3.05) is 17.6 Å². The molecule has 96 valence electrons. The molecular formula is C15H13ClN2S. The molecular weight excluding hydrogens is 276 g/mol. The van der Waals surface area contributed by atoms with Gasteiger partial charge in [0.15, 0.2) is 0 Å². The minimum Gasteiger partial charge on any atom is -0.383 e. The molecule has 4 heteroatoms. The maximum atomic E-state index is 8.76. The highest BCUT2D eigenvalue weighted by Crippen LogP contribution is 2.23. The number of nitrogens with zero attached hydrogens (tertiary/aromatic N) is 1. The van der Waals surface area contributed by atoms with Crippen molar-refractivity contribution in [3.63, 3.8) is 0 Å². The molecule has 0 atom stereocenters. The van der Waals surface area contributed by atoms with Gasteiger partial charge >= 0.3 is 0 Å². The normalized spacial score (nSPS) is 9.89. The zero-order valence-corrected chi connectivity index (χ0v) is 11.8. The summed E-state index contributed by atoms with van der Waals surface area (Å²) in [4.78, 5) is 1.26. The Balaban J connectivity index is 1.82. The number of halogens is 1. The van der Waals surface area contributed by atoms with Crippen molar-refractivity contribution in [1.29, 1.82) is 5.26 Å². The number of hydrogen-bond donors (Lipinski definition) is 1. The monoisotopic (exact) mass is 288 g/mol. The Kier molecular flexibility index (Phi) is 5.14. The van der Waals surface area contributed by atoms with E-state index in [2.05, 4.69) is 23.5 Å². The van der Waals surface area contributed by atoms with Crippen LogP contribution in [-0.2, 0) is 0 Å². The zero-order chi connectivity index (χ0) is 13.5. The number of rotatable bonds is 5. The van der Waals surface area contributed by atoms with E-state index in [4.69, 9.17) is 16.9 Å². The van der Waals surface area contributed by atoms with Gasteiger partial charge in [-0.05, 0) is 30.3 Å². The van der Waals surface area contributed by atoms with E-state index in [1.165, 1.54) is 4.90 Å². The third-order valence-corrected chi connectivity index (χ3v) is 3.85. The first-order valence-corrected chi connectivity index (χ1v) is 7.27. The molecule has 0 spiro atoms. The predicted octanol–water partition coefficient (Wildman–Crippen LogP) is 4.42. The molecule has 0 heterocycles. The van der Waals surface area contributed by atoms with Crippen LogP contribution < -0.4 is 5.32 Å². The zero-order valence-electron chi connectivity index (χ0n) is 10.3. The lowest BCUT2D eigenvalue weighted by Crippen LogP contribution is -2.04. The van der Waals surface area contributed by atoms with Crippen molar-refractivity contribution < 1.29 is 0 Å². The van der Waals surface area contributed by atoms with Gasteiger partial charge in [-0.1, -0.05) is 29.8 Å². The van der Waals surface area contributed by atoms with Crippen LogP contribution in [0.15, 0.2) is 53.4 Å². The smallest absolute Gasteiger partial charge is 0.0992 e. The summed E-state index contributed by atoms with van der Waals surface area (Å²) < 4.78 is 0. The molecule has 2 nitrogen and oxygen atoms in total. The molecule has 19 heavy (non-hydrogen) atoms. The lowest BCUT2D eigenvalue weighted by molar-refractivity contribution is 1.22. The molecule has 0 aliphatic rings. The number of anilines is 1. The maximum absolute atomic E-state index is 8.76. The summed E-state index contributed by atoms with van der Waals surface area (Å²) in [5, 5.41) is 12.6. The molecule has 0 saturated heterocycles. The summed E-state index contributed by atoms with van der Waals surface area (Å²) in [6.07, 6.45) is 0. The summed E-state index contributed by atoms with van der Waals surface area (Å²) >= 11 is 7.88. The van der Waals surface area contributed by atoms with Crippen LogP contribution in [0.25, 0.3) is 0 Å². The molecule has 0 saturated carbocycles. The molecule has 0 aliphatic carbocycles. The lowest BCUT2D eigenvalue weighted by Gasteiger charge is -2.08. The molecule has 0 bridgehead atoms. The average Bonchev–Trinajstić information content (AvgIpc) is 2.46. The van der Waals surface area contributed by atoms with Crippen molar-refractivity contribution in [3.05, 3.63) is 59.1 Å². The Labute approximate surface area is 122 Å². The van der Waals surface area contributed by atoms with Crippen molar-refractivity contribution in [1.82, 2.24) is 0 Å². The molecule has 2 aromatic carbocycles. The minimum absolute atomic E-state index is 0.578. The Hall–Kier alpha value is -1.63. The van der Waals surface area contributed by atoms with Gasteiger partial charge in [0, 0.05) is 17.2 Å².